The van der Waals surface area contributed by atoms with Crippen LogP contribution >= 0.6 is 0 Å². The topological polar surface area (TPSA) is 0 Å². The molecule has 0 saturated heterocycles. The third-order valence-corrected chi connectivity index (χ3v) is 13.6. The summed E-state index contributed by atoms with van der Waals surface area (Å²) in [5, 5.41) is 4.67. The number of rotatable bonds is 13. The molecule has 1 heteroatoms. The van der Waals surface area contributed by atoms with Crippen molar-refractivity contribution in [1.29, 1.82) is 0 Å². The Morgan fingerprint density at radius 1 is 0.450 bits per heavy atom. The predicted octanol–water partition coefficient (Wildman–Crippen LogP) is 8.33. The quantitative estimate of drug-likeness (QED) is 0.149. The summed E-state index contributed by atoms with van der Waals surface area (Å²) < 4.78 is 0. The third kappa shape index (κ3) is 6.15. The second-order valence-electron chi connectivity index (χ2n) is 11.6. The zero-order chi connectivity index (χ0) is 28.7. The molecule has 0 nitrogen and oxygen atoms in total. The maximum atomic E-state index is 2.60. The fraction of sp³-hybridized carbons (Fsp3) is 0.410. The average molecular weight is 548 g/mol. The molecule has 40 heavy (non-hydrogen) atoms. The SMILES string of the molecule is CCCCC1=C[C]([Si](c2cc(CC)cc(CC)c2)(c2cc(CC)cc(CC)c2)c2cc(CC)cc(CC)c2)C=C1. The van der Waals surface area contributed by atoms with Crippen molar-refractivity contribution in [1.82, 2.24) is 0 Å². The van der Waals surface area contributed by atoms with Crippen LogP contribution < -0.4 is 15.6 Å². The Bertz CT molecular complexity index is 1150. The fourth-order valence-electron chi connectivity index (χ4n) is 6.42. The van der Waals surface area contributed by atoms with E-state index in [1.165, 1.54) is 58.2 Å². The van der Waals surface area contributed by atoms with E-state index in [9.17, 15) is 0 Å². The predicted molar refractivity (Wildman–Crippen MR) is 180 cm³/mol. The Kier molecular flexibility index (Phi) is 10.5. The van der Waals surface area contributed by atoms with E-state index in [0.717, 1.165) is 38.5 Å². The summed E-state index contributed by atoms with van der Waals surface area (Å²) in [6.45, 7) is 16.2. The molecule has 4 rings (SSSR count). The standard InChI is InChI=1S/C39H51Si/c1-8-15-16-35-17-18-36(28-35)40(37-22-29(9-2)19-30(10-3)23-37,38-24-31(11-4)20-32(12-5)25-38)39-26-33(13-6)21-34(14-7)27-39/h17-28H,8-16H2,1-7H3. The fourth-order valence-corrected chi connectivity index (χ4v) is 11.6. The van der Waals surface area contributed by atoms with Crippen LogP contribution in [0.4, 0.5) is 0 Å². The van der Waals surface area contributed by atoms with E-state index in [0.29, 0.717) is 0 Å². The molecule has 0 aliphatic heterocycles. The number of aryl methyl sites for hydroxylation is 6. The molecule has 0 bridgehead atoms. The van der Waals surface area contributed by atoms with Crippen LogP contribution in [0.5, 0.6) is 0 Å². The zero-order valence-corrected chi connectivity index (χ0v) is 27.3. The van der Waals surface area contributed by atoms with Crippen LogP contribution in [0.25, 0.3) is 0 Å². The van der Waals surface area contributed by atoms with Gasteiger partial charge < -0.3 is 0 Å². The molecule has 0 atom stereocenters. The van der Waals surface area contributed by atoms with Gasteiger partial charge in [-0.05, 0) is 100 Å². The van der Waals surface area contributed by atoms with Crippen molar-refractivity contribution in [2.45, 2.75) is 106 Å². The van der Waals surface area contributed by atoms with Gasteiger partial charge in [0.05, 0.1) is 0 Å². The first-order chi connectivity index (χ1) is 19.4. The highest BCUT2D eigenvalue weighted by Gasteiger charge is 2.47. The van der Waals surface area contributed by atoms with Gasteiger partial charge in [-0.25, -0.2) is 0 Å². The molecule has 3 aromatic rings. The van der Waals surface area contributed by atoms with Crippen molar-refractivity contribution in [3.8, 4) is 0 Å². The van der Waals surface area contributed by atoms with Crippen LogP contribution in [0.2, 0.25) is 0 Å². The third-order valence-electron chi connectivity index (χ3n) is 8.98. The van der Waals surface area contributed by atoms with Gasteiger partial charge in [0.25, 0.3) is 0 Å². The first-order valence-electron chi connectivity index (χ1n) is 16.1. The second kappa shape index (κ2) is 13.8. The summed E-state index contributed by atoms with van der Waals surface area (Å²) in [6, 6.07) is 22.8. The van der Waals surface area contributed by atoms with E-state index in [1.807, 2.05) is 0 Å². The summed E-state index contributed by atoms with van der Waals surface area (Å²) >= 11 is 0. The monoisotopic (exact) mass is 547 g/mol. The van der Waals surface area contributed by atoms with Crippen LogP contribution in [0.15, 0.2) is 78.4 Å². The Labute approximate surface area is 246 Å². The molecule has 1 radical (unpaired) electrons. The average Bonchev–Trinajstić information content (AvgIpc) is 3.48. The Morgan fingerprint density at radius 3 is 1.10 bits per heavy atom. The molecule has 0 N–H and O–H groups in total. The lowest BCUT2D eigenvalue weighted by atomic mass is 10.1. The maximum absolute atomic E-state index is 2.60. The first-order valence-corrected chi connectivity index (χ1v) is 18.1. The molecule has 1 aliphatic carbocycles. The molecule has 0 unspecified atom stereocenters. The minimum atomic E-state index is -2.60. The van der Waals surface area contributed by atoms with Gasteiger partial charge in [-0.3, -0.25) is 0 Å². The van der Waals surface area contributed by atoms with Gasteiger partial charge in [0.2, 0.25) is 0 Å². The van der Waals surface area contributed by atoms with Gasteiger partial charge >= 0.3 is 0 Å². The molecule has 0 fully saturated rings. The summed E-state index contributed by atoms with van der Waals surface area (Å²) in [4.78, 5) is 0. The van der Waals surface area contributed by atoms with Crippen LogP contribution in [-0.2, 0) is 38.5 Å². The minimum absolute atomic E-state index is 1.07. The lowest BCUT2D eigenvalue weighted by Gasteiger charge is -2.39. The van der Waals surface area contributed by atoms with E-state index in [1.54, 1.807) is 21.1 Å². The van der Waals surface area contributed by atoms with Gasteiger partial charge in [-0.15, -0.1) is 0 Å². The minimum Gasteiger partial charge on any atom is -0.0750 e. The van der Waals surface area contributed by atoms with Gasteiger partial charge in [-0.2, -0.15) is 0 Å². The Hall–Kier alpha value is -2.64. The van der Waals surface area contributed by atoms with Crippen LogP contribution in [0.1, 0.15) is 101 Å². The molecule has 0 amide bonds. The molecular weight excluding hydrogens is 497 g/mol. The van der Waals surface area contributed by atoms with Crippen LogP contribution in [0, 0.1) is 5.54 Å². The van der Waals surface area contributed by atoms with E-state index in [4.69, 9.17) is 0 Å². The number of benzene rings is 3. The lowest BCUT2D eigenvalue weighted by molar-refractivity contribution is 0.799. The van der Waals surface area contributed by atoms with Gasteiger partial charge in [0.1, 0.15) is 0 Å². The van der Waals surface area contributed by atoms with E-state index >= 15 is 0 Å². The van der Waals surface area contributed by atoms with Gasteiger partial charge in [0, 0.05) is 5.54 Å². The lowest BCUT2D eigenvalue weighted by Crippen LogP contribution is -2.70. The van der Waals surface area contributed by atoms with Crippen molar-refractivity contribution in [2.24, 2.45) is 0 Å². The number of unbranched alkanes of at least 4 members (excludes halogenated alkanes) is 1. The summed E-state index contributed by atoms with van der Waals surface area (Å²) in [5.74, 6) is 0. The molecule has 211 valence electrons. The van der Waals surface area contributed by atoms with Crippen molar-refractivity contribution < 1.29 is 0 Å². The summed E-state index contributed by atoms with van der Waals surface area (Å²) in [6.07, 6.45) is 17.6. The number of hydrogen-bond donors (Lipinski definition) is 0. The first kappa shape index (κ1) is 30.3. The van der Waals surface area contributed by atoms with Gasteiger partial charge in [-0.1, -0.05) is 133 Å². The van der Waals surface area contributed by atoms with Crippen molar-refractivity contribution in [3.05, 3.63) is 117 Å². The van der Waals surface area contributed by atoms with Crippen molar-refractivity contribution >= 4 is 23.6 Å². The number of allylic oxidation sites excluding steroid dienone is 4. The molecule has 0 aromatic heterocycles. The normalized spacial score (nSPS) is 13.7. The zero-order valence-electron chi connectivity index (χ0n) is 26.3. The Balaban J connectivity index is 2.18. The highest BCUT2D eigenvalue weighted by Crippen LogP contribution is 2.32. The molecule has 3 aromatic carbocycles. The van der Waals surface area contributed by atoms with Gasteiger partial charge in [0.15, 0.2) is 8.07 Å². The molecular formula is C39H51Si. The Morgan fingerprint density at radius 2 is 0.800 bits per heavy atom. The molecule has 0 heterocycles. The van der Waals surface area contributed by atoms with E-state index < -0.39 is 8.07 Å². The molecule has 1 aliphatic rings. The second-order valence-corrected chi connectivity index (χ2v) is 15.4. The highest BCUT2D eigenvalue weighted by molar-refractivity contribution is 7.15. The summed E-state index contributed by atoms with van der Waals surface area (Å²) in [7, 11) is -2.60. The molecule has 0 spiro atoms. The van der Waals surface area contributed by atoms with Crippen molar-refractivity contribution in [3.63, 3.8) is 0 Å². The van der Waals surface area contributed by atoms with E-state index in [-0.39, 0.29) is 0 Å². The van der Waals surface area contributed by atoms with Crippen LogP contribution in [-0.4, -0.2) is 8.07 Å². The largest absolute Gasteiger partial charge is 0.162 e. The smallest absolute Gasteiger partial charge is 0.0750 e. The highest BCUT2D eigenvalue weighted by atomic mass is 28.3. The van der Waals surface area contributed by atoms with E-state index in [2.05, 4.69) is 121 Å². The van der Waals surface area contributed by atoms with Crippen molar-refractivity contribution in [2.75, 3.05) is 0 Å². The summed E-state index contributed by atoms with van der Waals surface area (Å²) in [5.41, 5.74) is 11.9. The number of hydrogen-bond acceptors (Lipinski definition) is 0. The molecule has 0 saturated carbocycles. The van der Waals surface area contributed by atoms with Crippen LogP contribution in [0.3, 0.4) is 0 Å². The maximum Gasteiger partial charge on any atom is 0.162 e.